The van der Waals surface area contributed by atoms with Crippen molar-refractivity contribution in [2.75, 3.05) is 12.5 Å². The van der Waals surface area contributed by atoms with Gasteiger partial charge in [0.15, 0.2) is 0 Å². The normalized spacial score (nSPS) is 10.4. The van der Waals surface area contributed by atoms with Gasteiger partial charge in [0.1, 0.15) is 0 Å². The molecular formula is C13H13S3+. The zero-order valence-corrected chi connectivity index (χ0v) is 11.7. The van der Waals surface area contributed by atoms with Crippen molar-refractivity contribution >= 4 is 34.9 Å². The van der Waals surface area contributed by atoms with Crippen LogP contribution < -0.4 is 0 Å². The van der Waals surface area contributed by atoms with Gasteiger partial charge in [-0.2, -0.15) is 0 Å². The summed E-state index contributed by atoms with van der Waals surface area (Å²) in [5.74, 6) is 0. The summed E-state index contributed by atoms with van der Waals surface area (Å²) in [7, 11) is 0. The molecule has 0 bridgehead atoms. The van der Waals surface area contributed by atoms with Gasteiger partial charge in [0, 0.05) is 6.07 Å². The van der Waals surface area contributed by atoms with Crippen LogP contribution in [0.25, 0.3) is 11.1 Å². The Labute approximate surface area is 109 Å². The van der Waals surface area contributed by atoms with Gasteiger partial charge in [-0.25, -0.2) is 0 Å². The summed E-state index contributed by atoms with van der Waals surface area (Å²) in [5, 5.41) is 0. The second kappa shape index (κ2) is 5.71. The minimum atomic E-state index is 1.30. The van der Waals surface area contributed by atoms with Gasteiger partial charge in [-0.05, 0) is 24.1 Å². The van der Waals surface area contributed by atoms with Gasteiger partial charge in [0.2, 0.25) is 11.3 Å². The first-order chi connectivity index (χ1) is 7.85. The Balaban J connectivity index is 2.49. The van der Waals surface area contributed by atoms with E-state index in [4.69, 9.17) is 0 Å². The van der Waals surface area contributed by atoms with Crippen LogP contribution in [0.5, 0.6) is 0 Å². The molecule has 0 nitrogen and oxygen atoms in total. The second-order valence-corrected chi connectivity index (χ2v) is 6.46. The lowest BCUT2D eigenvalue weighted by Crippen LogP contribution is -1.79. The van der Waals surface area contributed by atoms with E-state index < -0.39 is 0 Å². The Morgan fingerprint density at radius 3 is 2.25 bits per heavy atom. The predicted octanol–water partition coefficient (Wildman–Crippen LogP) is 5.14. The van der Waals surface area contributed by atoms with Crippen LogP contribution in [0.3, 0.4) is 0 Å². The molecule has 0 aliphatic carbocycles. The highest BCUT2D eigenvalue weighted by Gasteiger charge is 2.17. The zero-order valence-electron chi connectivity index (χ0n) is 9.27. The maximum atomic E-state index is 2.23. The molecule has 0 aliphatic heterocycles. The highest BCUT2D eigenvalue weighted by Crippen LogP contribution is 2.37. The number of benzene rings is 1. The summed E-state index contributed by atoms with van der Waals surface area (Å²) in [4.78, 5) is 0. The van der Waals surface area contributed by atoms with Gasteiger partial charge in [0.05, 0.1) is 5.56 Å². The molecule has 0 aliphatic rings. The molecule has 2 aromatic rings. The Morgan fingerprint density at radius 2 is 1.62 bits per heavy atom. The van der Waals surface area contributed by atoms with Gasteiger partial charge in [-0.1, -0.05) is 53.9 Å². The average molecular weight is 265 g/mol. The molecule has 1 aromatic carbocycles. The topological polar surface area (TPSA) is 0 Å². The monoisotopic (exact) mass is 265 g/mol. The number of thioether (sulfide) groups is 2. The minimum Gasteiger partial charge on any atom is -0.0680 e. The first kappa shape index (κ1) is 12.0. The molecule has 0 unspecified atom stereocenters. The molecule has 0 amide bonds. The van der Waals surface area contributed by atoms with Crippen LogP contribution in [-0.4, -0.2) is 12.5 Å². The molecule has 0 radical (unpaired) electrons. The molecular weight excluding hydrogens is 252 g/mol. The SMILES string of the molecule is CSc1ccc(-c2ccccc2)c(SC)[s+]1. The Morgan fingerprint density at radius 1 is 0.875 bits per heavy atom. The van der Waals surface area contributed by atoms with E-state index in [1.54, 1.807) is 0 Å². The predicted molar refractivity (Wildman–Crippen MR) is 77.7 cm³/mol. The van der Waals surface area contributed by atoms with Crippen LogP contribution in [-0.2, 0) is 0 Å². The molecule has 16 heavy (non-hydrogen) atoms. The smallest absolute Gasteiger partial charge is 0.0680 e. The number of hydrogen-bond donors (Lipinski definition) is 0. The molecule has 0 fully saturated rings. The van der Waals surface area contributed by atoms with Crippen molar-refractivity contribution < 1.29 is 0 Å². The summed E-state index contributed by atoms with van der Waals surface area (Å²) in [6, 6.07) is 15.0. The maximum absolute atomic E-state index is 2.23. The zero-order chi connectivity index (χ0) is 11.4. The van der Waals surface area contributed by atoms with Gasteiger partial charge < -0.3 is 0 Å². The summed E-state index contributed by atoms with van der Waals surface area (Å²) in [5.41, 5.74) is 2.65. The van der Waals surface area contributed by atoms with E-state index in [0.29, 0.717) is 0 Å². The van der Waals surface area contributed by atoms with Crippen LogP contribution in [0, 0.1) is 0 Å². The van der Waals surface area contributed by atoms with Crippen molar-refractivity contribution in [2.24, 2.45) is 0 Å². The lowest BCUT2D eigenvalue weighted by atomic mass is 10.1. The van der Waals surface area contributed by atoms with E-state index in [1.165, 1.54) is 19.5 Å². The van der Waals surface area contributed by atoms with Crippen molar-refractivity contribution in [1.82, 2.24) is 0 Å². The summed E-state index contributed by atoms with van der Waals surface area (Å²) in [6.07, 6.45) is 4.26. The highest BCUT2D eigenvalue weighted by molar-refractivity contribution is 8.02. The van der Waals surface area contributed by atoms with Crippen LogP contribution in [0.4, 0.5) is 0 Å². The summed E-state index contributed by atoms with van der Waals surface area (Å²) in [6.45, 7) is 0. The van der Waals surface area contributed by atoms with Crippen molar-refractivity contribution in [3.05, 3.63) is 42.5 Å². The largest absolute Gasteiger partial charge is 0.273 e. The van der Waals surface area contributed by atoms with E-state index in [-0.39, 0.29) is 0 Å². The van der Waals surface area contributed by atoms with Gasteiger partial charge in [-0.3, -0.25) is 0 Å². The molecule has 1 aromatic heterocycles. The highest BCUT2D eigenvalue weighted by atomic mass is 32.2. The van der Waals surface area contributed by atoms with E-state index in [1.807, 2.05) is 34.9 Å². The number of rotatable bonds is 3. The molecule has 0 saturated heterocycles. The maximum Gasteiger partial charge on any atom is 0.273 e. The molecule has 1 heterocycles. The first-order valence-electron chi connectivity index (χ1n) is 4.95. The molecule has 0 atom stereocenters. The average Bonchev–Trinajstić information content (AvgIpc) is 2.39. The molecule has 0 spiro atoms. The molecule has 3 heteroatoms. The van der Waals surface area contributed by atoms with Crippen LogP contribution in [0.2, 0.25) is 0 Å². The van der Waals surface area contributed by atoms with Gasteiger partial charge in [0.25, 0.3) is 8.42 Å². The standard InChI is InChI=1S/C13H13S3/c1-14-12-9-8-11(13(15-2)16-12)10-6-4-3-5-7-10/h3-9H,1-2H3/q+1. The third-order valence-electron chi connectivity index (χ3n) is 2.27. The molecule has 2 rings (SSSR count). The van der Waals surface area contributed by atoms with E-state index in [2.05, 4.69) is 55.0 Å². The van der Waals surface area contributed by atoms with E-state index >= 15 is 0 Å². The third-order valence-corrected chi connectivity index (χ3v) is 5.64. The molecule has 0 N–H and O–H groups in total. The van der Waals surface area contributed by atoms with Crippen LogP contribution in [0.1, 0.15) is 0 Å². The fraction of sp³-hybridized carbons (Fsp3) is 0.154. The van der Waals surface area contributed by atoms with Crippen molar-refractivity contribution in [3.8, 4) is 11.1 Å². The van der Waals surface area contributed by atoms with Crippen LogP contribution >= 0.6 is 34.9 Å². The Bertz CT molecular complexity index is 466. The van der Waals surface area contributed by atoms with Gasteiger partial charge >= 0.3 is 0 Å². The third kappa shape index (κ3) is 2.59. The van der Waals surface area contributed by atoms with Crippen molar-refractivity contribution in [3.63, 3.8) is 0 Å². The lowest BCUT2D eigenvalue weighted by Gasteiger charge is -2.00. The van der Waals surface area contributed by atoms with Crippen molar-refractivity contribution in [2.45, 2.75) is 8.42 Å². The van der Waals surface area contributed by atoms with Gasteiger partial charge in [-0.15, -0.1) is 0 Å². The van der Waals surface area contributed by atoms with E-state index in [0.717, 1.165) is 0 Å². The summed E-state index contributed by atoms with van der Waals surface area (Å²) < 4.78 is 2.75. The fourth-order valence-electron chi connectivity index (χ4n) is 1.49. The summed E-state index contributed by atoms with van der Waals surface area (Å²) >= 11 is 5.50. The quantitative estimate of drug-likeness (QED) is 0.556. The first-order valence-corrected chi connectivity index (χ1v) is 8.22. The second-order valence-electron chi connectivity index (χ2n) is 3.23. The minimum absolute atomic E-state index is 1.30. The van der Waals surface area contributed by atoms with Crippen LogP contribution in [0.15, 0.2) is 50.9 Å². The molecule has 82 valence electrons. The van der Waals surface area contributed by atoms with Crippen molar-refractivity contribution in [1.29, 1.82) is 0 Å². The Hall–Kier alpha value is -0.510. The Kier molecular flexibility index (Phi) is 4.27. The lowest BCUT2D eigenvalue weighted by molar-refractivity contribution is 1.53. The number of hydrogen-bond acceptors (Lipinski definition) is 2. The fourth-order valence-corrected chi connectivity index (χ4v) is 4.06. The molecule has 0 saturated carbocycles. The van der Waals surface area contributed by atoms with E-state index in [9.17, 15) is 0 Å².